The molecule has 2 nitrogen and oxygen atoms in total. The van der Waals surface area contributed by atoms with Crippen LogP contribution in [0.3, 0.4) is 0 Å². The van der Waals surface area contributed by atoms with Crippen molar-refractivity contribution in [2.24, 2.45) is 11.7 Å². The van der Waals surface area contributed by atoms with Crippen LogP contribution in [0.5, 0.6) is 0 Å². The van der Waals surface area contributed by atoms with Gasteiger partial charge < -0.3 is 10.6 Å². The Morgan fingerprint density at radius 2 is 2.00 bits per heavy atom. The first-order valence-electron chi connectivity index (χ1n) is 6.89. The maximum atomic E-state index is 6.23. The normalized spacial score (nSPS) is 19.9. The monoisotopic (exact) mass is 266 g/mol. The van der Waals surface area contributed by atoms with Crippen LogP contribution < -0.4 is 5.73 Å². The largest absolute Gasteiger partial charge is 0.324 e. The fourth-order valence-corrected chi connectivity index (χ4v) is 2.81. The summed E-state index contributed by atoms with van der Waals surface area (Å²) in [5.41, 5.74) is 7.30. The molecular weight excluding hydrogens is 244 g/mol. The highest BCUT2D eigenvalue weighted by Crippen LogP contribution is 2.24. The van der Waals surface area contributed by atoms with Crippen molar-refractivity contribution in [1.29, 1.82) is 0 Å². The van der Waals surface area contributed by atoms with Crippen LogP contribution in [0.25, 0.3) is 0 Å². The highest BCUT2D eigenvalue weighted by atomic mass is 35.5. The van der Waals surface area contributed by atoms with Gasteiger partial charge in [0.05, 0.1) is 0 Å². The molecule has 0 bridgehead atoms. The second-order valence-electron chi connectivity index (χ2n) is 5.44. The molecule has 1 heterocycles. The number of hydrogen-bond donors (Lipinski definition) is 1. The van der Waals surface area contributed by atoms with Crippen LogP contribution >= 0.6 is 11.6 Å². The second-order valence-corrected chi connectivity index (χ2v) is 5.85. The molecule has 2 rings (SSSR count). The van der Waals surface area contributed by atoms with Gasteiger partial charge in [0.1, 0.15) is 0 Å². The summed E-state index contributed by atoms with van der Waals surface area (Å²) in [6.45, 7) is 5.86. The van der Waals surface area contributed by atoms with Crippen LogP contribution in [-0.2, 0) is 0 Å². The Morgan fingerprint density at radius 1 is 1.33 bits per heavy atom. The van der Waals surface area contributed by atoms with Crippen LogP contribution in [0.2, 0.25) is 5.02 Å². The average Bonchev–Trinajstić information content (AvgIpc) is 2.38. The molecule has 0 aromatic heterocycles. The van der Waals surface area contributed by atoms with Crippen LogP contribution in [-0.4, -0.2) is 24.5 Å². The van der Waals surface area contributed by atoms with E-state index in [0.29, 0.717) is 0 Å². The first-order chi connectivity index (χ1) is 8.66. The van der Waals surface area contributed by atoms with Gasteiger partial charge in [0.25, 0.3) is 0 Å². The maximum Gasteiger partial charge on any atom is 0.0453 e. The molecule has 1 aliphatic heterocycles. The third-order valence-corrected chi connectivity index (χ3v) is 4.28. The SMILES string of the molecule is CC1CCN(CCC(N)c2ccccc2Cl)CC1. The zero-order chi connectivity index (χ0) is 13.0. The van der Waals surface area contributed by atoms with E-state index >= 15 is 0 Å². The Hall–Kier alpha value is -0.570. The third kappa shape index (κ3) is 3.71. The van der Waals surface area contributed by atoms with E-state index in [-0.39, 0.29) is 6.04 Å². The summed E-state index contributed by atoms with van der Waals surface area (Å²) in [5.74, 6) is 0.887. The van der Waals surface area contributed by atoms with E-state index in [2.05, 4.69) is 11.8 Å². The number of likely N-dealkylation sites (tertiary alicyclic amines) is 1. The van der Waals surface area contributed by atoms with Crippen molar-refractivity contribution in [1.82, 2.24) is 4.90 Å². The van der Waals surface area contributed by atoms with Crippen LogP contribution in [0, 0.1) is 5.92 Å². The van der Waals surface area contributed by atoms with Gasteiger partial charge in [-0.05, 0) is 56.4 Å². The van der Waals surface area contributed by atoms with E-state index in [1.807, 2.05) is 24.3 Å². The van der Waals surface area contributed by atoms with Gasteiger partial charge in [-0.3, -0.25) is 0 Å². The van der Waals surface area contributed by atoms with E-state index < -0.39 is 0 Å². The number of hydrogen-bond acceptors (Lipinski definition) is 2. The standard InChI is InChI=1S/C15H23ClN2/c1-12-6-9-18(10-7-12)11-8-15(17)13-4-2-3-5-14(13)16/h2-5,12,15H,6-11,17H2,1H3. The molecular formula is C15H23ClN2. The summed E-state index contributed by atoms with van der Waals surface area (Å²) in [4.78, 5) is 2.52. The van der Waals surface area contributed by atoms with Gasteiger partial charge in [-0.1, -0.05) is 36.7 Å². The Bertz CT molecular complexity index is 373. The third-order valence-electron chi connectivity index (χ3n) is 3.94. The molecule has 0 aliphatic carbocycles. The molecule has 1 aliphatic rings. The fraction of sp³-hybridized carbons (Fsp3) is 0.600. The van der Waals surface area contributed by atoms with Gasteiger partial charge in [-0.15, -0.1) is 0 Å². The Balaban J connectivity index is 1.81. The highest BCUT2D eigenvalue weighted by Gasteiger charge is 2.17. The molecule has 2 N–H and O–H groups in total. The van der Waals surface area contributed by atoms with Gasteiger partial charge in [0.15, 0.2) is 0 Å². The van der Waals surface area contributed by atoms with Gasteiger partial charge in [0, 0.05) is 11.1 Å². The lowest BCUT2D eigenvalue weighted by Crippen LogP contribution is -2.34. The summed E-state index contributed by atoms with van der Waals surface area (Å²) >= 11 is 6.17. The van der Waals surface area contributed by atoms with Gasteiger partial charge in [-0.25, -0.2) is 0 Å². The summed E-state index contributed by atoms with van der Waals surface area (Å²) in [6.07, 6.45) is 3.63. The van der Waals surface area contributed by atoms with E-state index in [0.717, 1.165) is 29.5 Å². The predicted molar refractivity (Wildman–Crippen MR) is 77.8 cm³/mol. The van der Waals surface area contributed by atoms with Crippen molar-refractivity contribution in [3.05, 3.63) is 34.9 Å². The average molecular weight is 267 g/mol. The van der Waals surface area contributed by atoms with Crippen molar-refractivity contribution < 1.29 is 0 Å². The number of nitrogens with zero attached hydrogens (tertiary/aromatic N) is 1. The molecule has 18 heavy (non-hydrogen) atoms. The van der Waals surface area contributed by atoms with Gasteiger partial charge >= 0.3 is 0 Å². The summed E-state index contributed by atoms with van der Waals surface area (Å²) in [6, 6.07) is 7.96. The smallest absolute Gasteiger partial charge is 0.0453 e. The molecule has 100 valence electrons. The summed E-state index contributed by atoms with van der Waals surface area (Å²) in [7, 11) is 0. The van der Waals surface area contributed by atoms with Crippen LogP contribution in [0.4, 0.5) is 0 Å². The first-order valence-corrected chi connectivity index (χ1v) is 7.27. The lowest BCUT2D eigenvalue weighted by molar-refractivity contribution is 0.187. The molecule has 1 aromatic carbocycles. The Morgan fingerprint density at radius 3 is 2.67 bits per heavy atom. The molecule has 1 saturated heterocycles. The molecule has 1 unspecified atom stereocenters. The van der Waals surface area contributed by atoms with E-state index in [1.54, 1.807) is 0 Å². The molecule has 1 aromatic rings. The van der Waals surface area contributed by atoms with Crippen LogP contribution in [0.15, 0.2) is 24.3 Å². The maximum absolute atomic E-state index is 6.23. The molecule has 1 fully saturated rings. The number of piperidine rings is 1. The lowest BCUT2D eigenvalue weighted by atomic mass is 9.98. The summed E-state index contributed by atoms with van der Waals surface area (Å²) in [5, 5.41) is 0.789. The minimum Gasteiger partial charge on any atom is -0.324 e. The number of rotatable bonds is 4. The molecule has 0 spiro atoms. The van der Waals surface area contributed by atoms with Crippen molar-refractivity contribution in [3.8, 4) is 0 Å². The molecule has 0 radical (unpaired) electrons. The zero-order valence-electron chi connectivity index (χ0n) is 11.1. The van der Waals surface area contributed by atoms with Crippen molar-refractivity contribution >= 4 is 11.6 Å². The predicted octanol–water partition coefficient (Wildman–Crippen LogP) is 3.46. The number of benzene rings is 1. The zero-order valence-corrected chi connectivity index (χ0v) is 11.9. The van der Waals surface area contributed by atoms with E-state index in [1.165, 1.54) is 25.9 Å². The Kier molecular flexibility index (Phi) is 5.04. The molecule has 3 heteroatoms. The summed E-state index contributed by atoms with van der Waals surface area (Å²) < 4.78 is 0. The molecule has 0 saturated carbocycles. The van der Waals surface area contributed by atoms with Crippen molar-refractivity contribution in [2.75, 3.05) is 19.6 Å². The quantitative estimate of drug-likeness (QED) is 0.904. The lowest BCUT2D eigenvalue weighted by Gasteiger charge is -2.31. The van der Waals surface area contributed by atoms with Gasteiger partial charge in [0.2, 0.25) is 0 Å². The van der Waals surface area contributed by atoms with Gasteiger partial charge in [-0.2, -0.15) is 0 Å². The van der Waals surface area contributed by atoms with Crippen molar-refractivity contribution in [3.63, 3.8) is 0 Å². The minimum absolute atomic E-state index is 0.0537. The minimum atomic E-state index is 0.0537. The Labute approximate surface area is 115 Å². The highest BCUT2D eigenvalue weighted by molar-refractivity contribution is 6.31. The molecule has 0 amide bonds. The molecule has 1 atom stereocenters. The van der Waals surface area contributed by atoms with Crippen LogP contribution in [0.1, 0.15) is 37.8 Å². The number of nitrogens with two attached hydrogens (primary N) is 1. The second kappa shape index (κ2) is 6.55. The first kappa shape index (κ1) is 13.9. The van der Waals surface area contributed by atoms with Crippen molar-refractivity contribution in [2.45, 2.75) is 32.2 Å². The topological polar surface area (TPSA) is 29.3 Å². The van der Waals surface area contributed by atoms with E-state index in [9.17, 15) is 0 Å². The number of halogens is 1. The van der Waals surface area contributed by atoms with E-state index in [4.69, 9.17) is 17.3 Å². The fourth-order valence-electron chi connectivity index (χ4n) is 2.54.